The molecule has 0 aromatic heterocycles. The SMILES string of the molecule is CCS(=O)(=O)CCCC(O)c1cccc(F)c1F. The Morgan fingerprint density at radius 3 is 2.61 bits per heavy atom. The van der Waals surface area contributed by atoms with Gasteiger partial charge < -0.3 is 5.11 Å². The van der Waals surface area contributed by atoms with E-state index in [1.165, 1.54) is 19.1 Å². The predicted octanol–water partition coefficient (Wildman–Crippen LogP) is 2.21. The van der Waals surface area contributed by atoms with Crippen LogP contribution in [-0.4, -0.2) is 25.0 Å². The molecule has 0 aliphatic rings. The first kappa shape index (κ1) is 15.0. The van der Waals surface area contributed by atoms with Crippen molar-refractivity contribution >= 4 is 9.84 Å². The molecule has 0 spiro atoms. The number of rotatable bonds is 6. The molecule has 1 rings (SSSR count). The van der Waals surface area contributed by atoms with Crippen LogP contribution in [0.3, 0.4) is 0 Å². The lowest BCUT2D eigenvalue weighted by atomic mass is 10.0. The number of halogens is 2. The van der Waals surface area contributed by atoms with Crippen LogP contribution < -0.4 is 0 Å². The van der Waals surface area contributed by atoms with Crippen LogP contribution in [0, 0.1) is 11.6 Å². The number of hydrogen-bond acceptors (Lipinski definition) is 3. The molecular formula is C12H16F2O3S. The molecule has 6 heteroatoms. The van der Waals surface area contributed by atoms with Crippen molar-refractivity contribution in [1.29, 1.82) is 0 Å². The van der Waals surface area contributed by atoms with Crippen molar-refractivity contribution in [3.05, 3.63) is 35.4 Å². The molecule has 1 atom stereocenters. The van der Waals surface area contributed by atoms with E-state index >= 15 is 0 Å². The number of sulfone groups is 1. The van der Waals surface area contributed by atoms with Gasteiger partial charge in [0.05, 0.1) is 11.9 Å². The summed E-state index contributed by atoms with van der Waals surface area (Å²) in [5, 5.41) is 9.69. The molecule has 0 saturated carbocycles. The third-order valence-corrected chi connectivity index (χ3v) is 4.50. The first-order valence-corrected chi connectivity index (χ1v) is 7.52. The Morgan fingerprint density at radius 2 is 2.00 bits per heavy atom. The standard InChI is InChI=1S/C12H16F2O3S/c1-2-18(16,17)8-4-7-11(15)9-5-3-6-10(13)12(9)14/h3,5-6,11,15H,2,4,7-8H2,1H3. The monoisotopic (exact) mass is 278 g/mol. The highest BCUT2D eigenvalue weighted by molar-refractivity contribution is 7.91. The summed E-state index contributed by atoms with van der Waals surface area (Å²) in [6.45, 7) is 1.54. The smallest absolute Gasteiger partial charge is 0.164 e. The van der Waals surface area contributed by atoms with E-state index in [1.54, 1.807) is 0 Å². The minimum absolute atomic E-state index is 0.0391. The Morgan fingerprint density at radius 1 is 1.33 bits per heavy atom. The van der Waals surface area contributed by atoms with E-state index in [4.69, 9.17) is 0 Å². The molecule has 1 N–H and O–H groups in total. The topological polar surface area (TPSA) is 54.4 Å². The van der Waals surface area contributed by atoms with E-state index in [1.807, 2.05) is 0 Å². The molecule has 0 heterocycles. The van der Waals surface area contributed by atoms with Crippen molar-refractivity contribution in [2.24, 2.45) is 0 Å². The van der Waals surface area contributed by atoms with Gasteiger partial charge in [0.25, 0.3) is 0 Å². The summed E-state index contributed by atoms with van der Waals surface area (Å²) in [5.74, 6) is -2.12. The molecule has 18 heavy (non-hydrogen) atoms. The Kier molecular flexibility index (Phi) is 5.22. The normalized spacial score (nSPS) is 13.6. The fraction of sp³-hybridized carbons (Fsp3) is 0.500. The lowest BCUT2D eigenvalue weighted by Gasteiger charge is -2.12. The maximum absolute atomic E-state index is 13.3. The lowest BCUT2D eigenvalue weighted by Crippen LogP contribution is -2.10. The molecule has 0 fully saturated rings. The number of aliphatic hydroxyl groups is 1. The van der Waals surface area contributed by atoms with Gasteiger partial charge in [-0.05, 0) is 18.9 Å². The molecule has 0 radical (unpaired) electrons. The third-order valence-electron chi connectivity index (χ3n) is 2.71. The van der Waals surface area contributed by atoms with Gasteiger partial charge >= 0.3 is 0 Å². The van der Waals surface area contributed by atoms with E-state index in [-0.39, 0.29) is 29.9 Å². The summed E-state index contributed by atoms with van der Waals surface area (Å²) in [6.07, 6.45) is -0.889. The maximum Gasteiger partial charge on any atom is 0.164 e. The zero-order valence-electron chi connectivity index (χ0n) is 10.1. The zero-order chi connectivity index (χ0) is 13.8. The van der Waals surface area contributed by atoms with Crippen molar-refractivity contribution in [3.8, 4) is 0 Å². The van der Waals surface area contributed by atoms with Crippen molar-refractivity contribution in [2.75, 3.05) is 11.5 Å². The van der Waals surface area contributed by atoms with Crippen LogP contribution >= 0.6 is 0 Å². The fourth-order valence-electron chi connectivity index (χ4n) is 1.57. The molecular weight excluding hydrogens is 262 g/mol. The minimum atomic E-state index is -3.09. The second-order valence-electron chi connectivity index (χ2n) is 4.04. The molecule has 0 aliphatic carbocycles. The highest BCUT2D eigenvalue weighted by atomic mass is 32.2. The van der Waals surface area contributed by atoms with Gasteiger partial charge in [-0.1, -0.05) is 19.1 Å². The second-order valence-corrected chi connectivity index (χ2v) is 6.51. The Labute approximate surface area is 105 Å². The van der Waals surface area contributed by atoms with Crippen LogP contribution in [0.15, 0.2) is 18.2 Å². The summed E-state index contributed by atoms with van der Waals surface area (Å²) in [6, 6.07) is 3.56. The average molecular weight is 278 g/mol. The van der Waals surface area contributed by atoms with Gasteiger partial charge in [-0.15, -0.1) is 0 Å². The van der Waals surface area contributed by atoms with Gasteiger partial charge in [-0.2, -0.15) is 0 Å². The van der Waals surface area contributed by atoms with Gasteiger partial charge in [-0.3, -0.25) is 0 Å². The predicted molar refractivity (Wildman–Crippen MR) is 64.9 cm³/mol. The van der Waals surface area contributed by atoms with Crippen molar-refractivity contribution in [1.82, 2.24) is 0 Å². The van der Waals surface area contributed by atoms with E-state index in [0.717, 1.165) is 6.07 Å². The molecule has 102 valence electrons. The Hall–Kier alpha value is -1.01. The fourth-order valence-corrected chi connectivity index (χ4v) is 2.47. The third kappa shape index (κ3) is 4.03. The van der Waals surface area contributed by atoms with Gasteiger partial charge in [0.2, 0.25) is 0 Å². The lowest BCUT2D eigenvalue weighted by molar-refractivity contribution is 0.161. The van der Waals surface area contributed by atoms with Crippen LogP contribution in [0.2, 0.25) is 0 Å². The summed E-state index contributed by atoms with van der Waals surface area (Å²) >= 11 is 0. The molecule has 0 amide bonds. The van der Waals surface area contributed by atoms with E-state index in [2.05, 4.69) is 0 Å². The quantitative estimate of drug-likeness (QED) is 0.868. The van der Waals surface area contributed by atoms with Crippen molar-refractivity contribution < 1.29 is 22.3 Å². The van der Waals surface area contributed by atoms with Crippen LogP contribution in [0.25, 0.3) is 0 Å². The second kappa shape index (κ2) is 6.24. The van der Waals surface area contributed by atoms with Gasteiger partial charge in [0.15, 0.2) is 11.6 Å². The number of aliphatic hydroxyl groups excluding tert-OH is 1. The zero-order valence-corrected chi connectivity index (χ0v) is 10.9. The first-order chi connectivity index (χ1) is 8.37. The Balaban J connectivity index is 2.61. The van der Waals surface area contributed by atoms with Crippen LogP contribution in [0.4, 0.5) is 8.78 Å². The van der Waals surface area contributed by atoms with Crippen molar-refractivity contribution in [2.45, 2.75) is 25.9 Å². The van der Waals surface area contributed by atoms with Gasteiger partial charge in [0, 0.05) is 11.3 Å². The van der Waals surface area contributed by atoms with Crippen LogP contribution in [0.1, 0.15) is 31.4 Å². The molecule has 1 unspecified atom stereocenters. The summed E-state index contributed by atoms with van der Waals surface area (Å²) in [5.41, 5.74) is -0.135. The Bertz CT molecular complexity index is 500. The van der Waals surface area contributed by atoms with Crippen LogP contribution in [0.5, 0.6) is 0 Å². The minimum Gasteiger partial charge on any atom is -0.388 e. The highest BCUT2D eigenvalue weighted by Crippen LogP contribution is 2.23. The maximum atomic E-state index is 13.3. The first-order valence-electron chi connectivity index (χ1n) is 5.69. The molecule has 0 bridgehead atoms. The molecule has 1 aromatic rings. The molecule has 1 aromatic carbocycles. The van der Waals surface area contributed by atoms with E-state index in [0.29, 0.717) is 0 Å². The number of benzene rings is 1. The van der Waals surface area contributed by atoms with E-state index in [9.17, 15) is 22.3 Å². The molecule has 3 nitrogen and oxygen atoms in total. The van der Waals surface area contributed by atoms with Gasteiger partial charge in [0.1, 0.15) is 9.84 Å². The average Bonchev–Trinajstić information content (AvgIpc) is 2.32. The summed E-state index contributed by atoms with van der Waals surface area (Å²) in [7, 11) is -3.09. The van der Waals surface area contributed by atoms with Crippen LogP contribution in [-0.2, 0) is 9.84 Å². The van der Waals surface area contributed by atoms with Crippen molar-refractivity contribution in [3.63, 3.8) is 0 Å². The van der Waals surface area contributed by atoms with E-state index < -0.39 is 27.6 Å². The summed E-state index contributed by atoms with van der Waals surface area (Å²) in [4.78, 5) is 0. The van der Waals surface area contributed by atoms with Gasteiger partial charge in [-0.25, -0.2) is 17.2 Å². The molecule has 0 aliphatic heterocycles. The number of hydrogen-bond donors (Lipinski definition) is 1. The highest BCUT2D eigenvalue weighted by Gasteiger charge is 2.16. The summed E-state index contributed by atoms with van der Waals surface area (Å²) < 4.78 is 48.7. The molecule has 0 saturated heterocycles. The largest absolute Gasteiger partial charge is 0.388 e.